The Labute approximate surface area is 165 Å². The van der Waals surface area contributed by atoms with E-state index < -0.39 is 0 Å². The predicted molar refractivity (Wildman–Crippen MR) is 109 cm³/mol. The van der Waals surface area contributed by atoms with Crippen LogP contribution >= 0.6 is 0 Å². The minimum atomic E-state index is -0.379. The summed E-state index contributed by atoms with van der Waals surface area (Å²) >= 11 is 0. The number of methoxy groups -OCH3 is 3. The zero-order valence-corrected chi connectivity index (χ0v) is 16.8. The molecule has 1 N–H and O–H groups in total. The molecule has 0 spiro atoms. The van der Waals surface area contributed by atoms with Crippen molar-refractivity contribution in [2.24, 2.45) is 0 Å². The molecule has 1 aliphatic heterocycles. The van der Waals surface area contributed by atoms with Gasteiger partial charge >= 0.3 is 0 Å². The molecule has 1 aliphatic rings. The minimum absolute atomic E-state index is 0.161. The molecular weight excluding hydrogens is 358 g/mol. The topological polar surface area (TPSA) is 66.0 Å². The molecule has 1 heterocycles. The van der Waals surface area contributed by atoms with E-state index in [4.69, 9.17) is 18.9 Å². The highest BCUT2D eigenvalue weighted by Gasteiger charge is 2.25. The third-order valence-electron chi connectivity index (χ3n) is 4.47. The number of hydrogen-bond donors (Lipinski definition) is 1. The second-order valence-electron chi connectivity index (χ2n) is 7.01. The van der Waals surface area contributed by atoms with Crippen LogP contribution in [-0.4, -0.2) is 32.8 Å². The highest BCUT2D eigenvalue weighted by Crippen LogP contribution is 2.41. The van der Waals surface area contributed by atoms with Crippen LogP contribution in [0.1, 0.15) is 25.0 Å². The van der Waals surface area contributed by atoms with Crippen molar-refractivity contribution in [1.82, 2.24) is 0 Å². The number of nitrogens with one attached hydrogen (secondary N) is 1. The Morgan fingerprint density at radius 2 is 1.79 bits per heavy atom. The number of rotatable bonds is 6. The number of ether oxygens (including phenoxy) is 4. The molecule has 0 saturated heterocycles. The summed E-state index contributed by atoms with van der Waals surface area (Å²) in [6, 6.07) is 9.05. The van der Waals surface area contributed by atoms with Gasteiger partial charge in [-0.15, -0.1) is 0 Å². The second-order valence-corrected chi connectivity index (χ2v) is 7.01. The molecule has 0 fully saturated rings. The van der Waals surface area contributed by atoms with Crippen LogP contribution in [0.4, 0.5) is 5.69 Å². The molecule has 148 valence electrons. The Kier molecular flexibility index (Phi) is 5.49. The van der Waals surface area contributed by atoms with E-state index >= 15 is 0 Å². The van der Waals surface area contributed by atoms with Crippen molar-refractivity contribution in [3.8, 4) is 23.0 Å². The number of fused-ring (bicyclic) bond motifs is 1. The summed E-state index contributed by atoms with van der Waals surface area (Å²) in [7, 11) is 4.72. The van der Waals surface area contributed by atoms with E-state index in [1.807, 2.05) is 38.1 Å². The lowest BCUT2D eigenvalue weighted by atomic mass is 10.0. The third-order valence-corrected chi connectivity index (χ3v) is 4.47. The standard InChI is InChI=1S/C22H25NO5/c1-22(2)11-10-15-17(28-22)9-7-16(21(15)27-5)23-20(24)13-14-6-8-18(25-3)19(12-14)26-4/h6-12H,13H2,1-5H3,(H,23,24). The molecule has 1 amide bonds. The van der Waals surface area contributed by atoms with Crippen LogP contribution in [0.3, 0.4) is 0 Å². The van der Waals surface area contributed by atoms with Crippen molar-refractivity contribution in [2.75, 3.05) is 26.6 Å². The van der Waals surface area contributed by atoms with Crippen LogP contribution in [0.15, 0.2) is 36.4 Å². The SMILES string of the molecule is COc1ccc(CC(=O)Nc2ccc3c(c2OC)C=CC(C)(C)O3)cc1OC. The van der Waals surface area contributed by atoms with Gasteiger partial charge in [0.1, 0.15) is 11.4 Å². The fourth-order valence-corrected chi connectivity index (χ4v) is 3.12. The van der Waals surface area contributed by atoms with Crippen LogP contribution in [0.25, 0.3) is 6.08 Å². The average Bonchev–Trinajstić information content (AvgIpc) is 2.67. The van der Waals surface area contributed by atoms with Crippen LogP contribution < -0.4 is 24.3 Å². The molecule has 0 bridgehead atoms. The first-order valence-electron chi connectivity index (χ1n) is 8.97. The van der Waals surface area contributed by atoms with Gasteiger partial charge in [-0.1, -0.05) is 6.07 Å². The van der Waals surface area contributed by atoms with Gasteiger partial charge in [-0.05, 0) is 55.8 Å². The highest BCUT2D eigenvalue weighted by atomic mass is 16.5. The lowest BCUT2D eigenvalue weighted by molar-refractivity contribution is -0.115. The highest BCUT2D eigenvalue weighted by molar-refractivity contribution is 5.95. The Hall–Kier alpha value is -3.15. The van der Waals surface area contributed by atoms with Gasteiger partial charge in [0.25, 0.3) is 0 Å². The van der Waals surface area contributed by atoms with E-state index in [0.29, 0.717) is 22.9 Å². The molecular formula is C22H25NO5. The molecule has 28 heavy (non-hydrogen) atoms. The lowest BCUT2D eigenvalue weighted by Gasteiger charge is -2.29. The minimum Gasteiger partial charge on any atom is -0.494 e. The van der Waals surface area contributed by atoms with Crippen LogP contribution in [0, 0.1) is 0 Å². The molecule has 2 aromatic rings. The monoisotopic (exact) mass is 383 g/mol. The third kappa shape index (κ3) is 4.06. The number of benzene rings is 2. The second kappa shape index (κ2) is 7.84. The average molecular weight is 383 g/mol. The summed E-state index contributed by atoms with van der Waals surface area (Å²) in [4.78, 5) is 12.6. The van der Waals surface area contributed by atoms with Crippen LogP contribution in [0.5, 0.6) is 23.0 Å². The zero-order valence-electron chi connectivity index (χ0n) is 16.8. The maximum atomic E-state index is 12.6. The van der Waals surface area contributed by atoms with Crippen molar-refractivity contribution in [2.45, 2.75) is 25.9 Å². The van der Waals surface area contributed by atoms with Crippen molar-refractivity contribution in [3.63, 3.8) is 0 Å². The Morgan fingerprint density at radius 1 is 1.04 bits per heavy atom. The molecule has 0 saturated carbocycles. The first-order chi connectivity index (χ1) is 13.4. The van der Waals surface area contributed by atoms with Gasteiger partial charge in [0.2, 0.25) is 5.91 Å². The first-order valence-corrected chi connectivity index (χ1v) is 8.97. The van der Waals surface area contributed by atoms with Crippen molar-refractivity contribution >= 4 is 17.7 Å². The fourth-order valence-electron chi connectivity index (χ4n) is 3.12. The van der Waals surface area contributed by atoms with Crippen molar-refractivity contribution < 1.29 is 23.7 Å². The van der Waals surface area contributed by atoms with E-state index in [0.717, 1.165) is 16.9 Å². The summed E-state index contributed by atoms with van der Waals surface area (Å²) in [6.07, 6.45) is 4.12. The van der Waals surface area contributed by atoms with E-state index in [1.165, 1.54) is 0 Å². The number of hydrogen-bond acceptors (Lipinski definition) is 5. The predicted octanol–water partition coefficient (Wildman–Crippen LogP) is 4.08. The number of carbonyl (C=O) groups excluding carboxylic acids is 1. The molecule has 0 atom stereocenters. The van der Waals surface area contributed by atoms with Gasteiger partial charge in [-0.3, -0.25) is 4.79 Å². The van der Waals surface area contributed by atoms with Crippen LogP contribution in [0.2, 0.25) is 0 Å². The van der Waals surface area contributed by atoms with E-state index in [1.54, 1.807) is 39.5 Å². The summed E-state index contributed by atoms with van der Waals surface area (Å²) in [5.74, 6) is 2.35. The van der Waals surface area contributed by atoms with Crippen molar-refractivity contribution in [1.29, 1.82) is 0 Å². The molecule has 6 nitrogen and oxygen atoms in total. The van der Waals surface area contributed by atoms with Gasteiger partial charge in [-0.25, -0.2) is 0 Å². The van der Waals surface area contributed by atoms with Gasteiger partial charge in [0, 0.05) is 0 Å². The lowest BCUT2D eigenvalue weighted by Crippen LogP contribution is -2.27. The van der Waals surface area contributed by atoms with E-state index in [9.17, 15) is 4.79 Å². The molecule has 2 aromatic carbocycles. The first kappa shape index (κ1) is 19.6. The maximum absolute atomic E-state index is 12.6. The molecule has 3 rings (SSSR count). The number of anilines is 1. The summed E-state index contributed by atoms with van der Waals surface area (Å²) in [5, 5.41) is 2.92. The normalized spacial score (nSPS) is 13.9. The van der Waals surface area contributed by atoms with E-state index in [2.05, 4.69) is 5.32 Å². The Balaban J connectivity index is 1.79. The summed E-state index contributed by atoms with van der Waals surface area (Å²) < 4.78 is 22.0. The zero-order chi connectivity index (χ0) is 20.3. The summed E-state index contributed by atoms with van der Waals surface area (Å²) in [6.45, 7) is 3.97. The molecule has 0 radical (unpaired) electrons. The fraction of sp³-hybridized carbons (Fsp3) is 0.318. The maximum Gasteiger partial charge on any atom is 0.228 e. The van der Waals surface area contributed by atoms with Gasteiger partial charge in [0.05, 0.1) is 39.0 Å². The quantitative estimate of drug-likeness (QED) is 0.814. The van der Waals surface area contributed by atoms with Crippen molar-refractivity contribution in [3.05, 3.63) is 47.5 Å². The van der Waals surface area contributed by atoms with Gasteiger partial charge in [-0.2, -0.15) is 0 Å². The van der Waals surface area contributed by atoms with Gasteiger partial charge < -0.3 is 24.3 Å². The van der Waals surface area contributed by atoms with Gasteiger partial charge in [0.15, 0.2) is 17.2 Å². The Bertz CT molecular complexity index is 917. The molecule has 0 unspecified atom stereocenters. The molecule has 0 aliphatic carbocycles. The molecule has 0 aromatic heterocycles. The number of carbonyl (C=O) groups is 1. The van der Waals surface area contributed by atoms with E-state index in [-0.39, 0.29) is 17.9 Å². The Morgan fingerprint density at radius 3 is 2.46 bits per heavy atom. The molecule has 6 heteroatoms. The summed E-state index contributed by atoms with van der Waals surface area (Å²) in [5.41, 5.74) is 1.85. The van der Waals surface area contributed by atoms with Crippen LogP contribution in [-0.2, 0) is 11.2 Å². The number of amides is 1. The largest absolute Gasteiger partial charge is 0.494 e. The smallest absolute Gasteiger partial charge is 0.228 e.